The van der Waals surface area contributed by atoms with E-state index in [1.54, 1.807) is 20.4 Å². The van der Waals surface area contributed by atoms with Gasteiger partial charge in [0.25, 0.3) is 0 Å². The molecule has 0 aliphatic rings. The lowest BCUT2D eigenvalue weighted by Crippen LogP contribution is -2.36. The van der Waals surface area contributed by atoms with E-state index in [2.05, 4.69) is 5.32 Å². The van der Waals surface area contributed by atoms with Crippen molar-refractivity contribution in [3.8, 4) is 0 Å². The van der Waals surface area contributed by atoms with Crippen molar-refractivity contribution in [3.63, 3.8) is 0 Å². The second-order valence-corrected chi connectivity index (χ2v) is 1.59. The van der Waals surface area contributed by atoms with Crippen LogP contribution in [0.1, 0.15) is 13.8 Å². The van der Waals surface area contributed by atoms with Crippen LogP contribution in [-0.2, 0) is 4.79 Å². The molecule has 3 heteroatoms. The third-order valence-corrected chi connectivity index (χ3v) is 0.700. The van der Waals surface area contributed by atoms with E-state index >= 15 is 0 Å². The molecular formula is C5H11N2O. The number of hydrogen-bond acceptors (Lipinski definition) is 2. The molecule has 0 aromatic carbocycles. The lowest BCUT2D eigenvalue weighted by molar-refractivity contribution is -0.121. The van der Waals surface area contributed by atoms with Crippen LogP contribution >= 0.6 is 0 Å². The Hall–Kier alpha value is -0.570. The topological polar surface area (TPSA) is 55.1 Å². The predicted octanol–water partition coefficient (Wildman–Crippen LogP) is -0.369. The van der Waals surface area contributed by atoms with Crippen molar-refractivity contribution < 1.29 is 4.79 Å². The summed E-state index contributed by atoms with van der Waals surface area (Å²) in [5.41, 5.74) is 5.19. The van der Waals surface area contributed by atoms with Crippen LogP contribution in [-0.4, -0.2) is 11.9 Å². The SMILES string of the molecule is C[CH]NC(=O)[C@H](C)N. The highest BCUT2D eigenvalue weighted by molar-refractivity contribution is 5.81. The van der Waals surface area contributed by atoms with Crippen LogP contribution in [0.5, 0.6) is 0 Å². The molecule has 47 valence electrons. The number of nitrogens with two attached hydrogens (primary N) is 1. The minimum absolute atomic E-state index is 0.146. The van der Waals surface area contributed by atoms with Crippen molar-refractivity contribution in [2.24, 2.45) is 5.73 Å². The molecule has 0 unspecified atom stereocenters. The molecule has 0 rings (SSSR count). The highest BCUT2D eigenvalue weighted by Gasteiger charge is 2.02. The van der Waals surface area contributed by atoms with Crippen molar-refractivity contribution >= 4 is 5.91 Å². The molecule has 0 heterocycles. The largest absolute Gasteiger partial charge is 0.350 e. The van der Waals surface area contributed by atoms with Gasteiger partial charge in [-0.3, -0.25) is 4.79 Å². The van der Waals surface area contributed by atoms with Gasteiger partial charge in [0.15, 0.2) is 0 Å². The maximum atomic E-state index is 10.5. The molecule has 0 aromatic rings. The predicted molar refractivity (Wildman–Crippen MR) is 31.8 cm³/mol. The molecule has 0 aromatic heterocycles. The minimum Gasteiger partial charge on any atom is -0.350 e. The van der Waals surface area contributed by atoms with Crippen molar-refractivity contribution in [2.75, 3.05) is 0 Å². The highest BCUT2D eigenvalue weighted by Crippen LogP contribution is 1.74. The third kappa shape index (κ3) is 2.58. The van der Waals surface area contributed by atoms with Gasteiger partial charge in [-0.05, 0) is 13.8 Å². The lowest BCUT2D eigenvalue weighted by Gasteiger charge is -2.02. The Labute approximate surface area is 49.3 Å². The normalized spacial score (nSPS) is 12.9. The molecule has 8 heavy (non-hydrogen) atoms. The van der Waals surface area contributed by atoms with Crippen molar-refractivity contribution in [2.45, 2.75) is 19.9 Å². The standard InChI is InChI=1S/C5H11N2O/c1-3-7-5(8)4(2)6/h3-4H,6H2,1-2H3,(H,7,8)/t4-/m0/s1. The van der Waals surface area contributed by atoms with Crippen LogP contribution in [0.4, 0.5) is 0 Å². The van der Waals surface area contributed by atoms with Crippen LogP contribution in [0, 0.1) is 6.54 Å². The number of carbonyl (C=O) groups is 1. The molecule has 1 atom stereocenters. The molecule has 0 saturated carbocycles. The van der Waals surface area contributed by atoms with Crippen LogP contribution in [0.15, 0.2) is 0 Å². The van der Waals surface area contributed by atoms with Gasteiger partial charge in [0.2, 0.25) is 5.91 Å². The van der Waals surface area contributed by atoms with Gasteiger partial charge in [-0.2, -0.15) is 0 Å². The second kappa shape index (κ2) is 3.43. The van der Waals surface area contributed by atoms with Gasteiger partial charge >= 0.3 is 0 Å². The summed E-state index contributed by atoms with van der Waals surface area (Å²) in [7, 11) is 0. The molecule has 0 saturated heterocycles. The highest BCUT2D eigenvalue weighted by atomic mass is 16.2. The molecule has 0 spiro atoms. The van der Waals surface area contributed by atoms with Gasteiger partial charge in [0.1, 0.15) is 0 Å². The summed E-state index contributed by atoms with van der Waals surface area (Å²) in [6.45, 7) is 4.94. The third-order valence-electron chi connectivity index (χ3n) is 0.700. The van der Waals surface area contributed by atoms with E-state index in [0.717, 1.165) is 0 Å². The van der Waals surface area contributed by atoms with Crippen LogP contribution in [0.3, 0.4) is 0 Å². The van der Waals surface area contributed by atoms with E-state index in [0.29, 0.717) is 0 Å². The summed E-state index contributed by atoms with van der Waals surface area (Å²) < 4.78 is 0. The van der Waals surface area contributed by atoms with Gasteiger partial charge in [-0.25, -0.2) is 0 Å². The quantitative estimate of drug-likeness (QED) is 0.516. The second-order valence-electron chi connectivity index (χ2n) is 1.59. The fraction of sp³-hybridized carbons (Fsp3) is 0.600. The molecule has 0 aliphatic heterocycles. The monoisotopic (exact) mass is 115 g/mol. The Bertz CT molecular complexity index is 80.5. The summed E-state index contributed by atoms with van der Waals surface area (Å²) in [4.78, 5) is 10.5. The van der Waals surface area contributed by atoms with Crippen LogP contribution in [0.2, 0.25) is 0 Å². The maximum Gasteiger partial charge on any atom is 0.236 e. The number of amides is 1. The Morgan fingerprint density at radius 1 is 1.88 bits per heavy atom. The van der Waals surface area contributed by atoms with Crippen LogP contribution < -0.4 is 11.1 Å². The smallest absolute Gasteiger partial charge is 0.236 e. The van der Waals surface area contributed by atoms with Gasteiger partial charge in [-0.15, -0.1) is 0 Å². The molecule has 3 nitrogen and oxygen atoms in total. The summed E-state index contributed by atoms with van der Waals surface area (Å²) >= 11 is 0. The van der Waals surface area contributed by atoms with Gasteiger partial charge in [0.05, 0.1) is 6.04 Å². The molecule has 1 amide bonds. The first-order valence-electron chi connectivity index (χ1n) is 2.52. The number of carbonyl (C=O) groups excluding carboxylic acids is 1. The summed E-state index contributed by atoms with van der Waals surface area (Å²) in [5.74, 6) is -0.146. The summed E-state index contributed by atoms with van der Waals surface area (Å²) in [6, 6.07) is -0.411. The molecular weight excluding hydrogens is 104 g/mol. The zero-order chi connectivity index (χ0) is 6.57. The fourth-order valence-corrected chi connectivity index (χ4v) is 0.274. The number of rotatable bonds is 2. The maximum absolute atomic E-state index is 10.5. The average Bonchev–Trinajstić information content (AvgIpc) is 1.67. The zero-order valence-electron chi connectivity index (χ0n) is 5.14. The van der Waals surface area contributed by atoms with Gasteiger partial charge < -0.3 is 11.1 Å². The molecule has 0 bridgehead atoms. The Morgan fingerprint density at radius 3 is 2.50 bits per heavy atom. The first kappa shape index (κ1) is 7.43. The number of hydrogen-bond donors (Lipinski definition) is 2. The summed E-state index contributed by atoms with van der Waals surface area (Å²) in [5, 5.41) is 2.46. The minimum atomic E-state index is -0.411. The average molecular weight is 115 g/mol. The van der Waals surface area contributed by atoms with E-state index in [1.807, 2.05) is 0 Å². The first-order valence-corrected chi connectivity index (χ1v) is 2.52. The van der Waals surface area contributed by atoms with Crippen molar-refractivity contribution in [3.05, 3.63) is 6.54 Å². The molecule has 3 N–H and O–H groups in total. The van der Waals surface area contributed by atoms with E-state index in [-0.39, 0.29) is 5.91 Å². The fourth-order valence-electron chi connectivity index (χ4n) is 0.274. The lowest BCUT2D eigenvalue weighted by atomic mass is 10.3. The van der Waals surface area contributed by atoms with E-state index < -0.39 is 6.04 Å². The first-order chi connectivity index (χ1) is 3.68. The summed E-state index contributed by atoms with van der Waals surface area (Å²) in [6.07, 6.45) is 0. The Morgan fingerprint density at radius 2 is 2.38 bits per heavy atom. The van der Waals surface area contributed by atoms with Crippen molar-refractivity contribution in [1.29, 1.82) is 0 Å². The Balaban J connectivity index is 3.33. The van der Waals surface area contributed by atoms with E-state index in [1.165, 1.54) is 0 Å². The molecule has 0 fully saturated rings. The molecule has 0 aliphatic carbocycles. The zero-order valence-corrected chi connectivity index (χ0v) is 5.14. The van der Waals surface area contributed by atoms with Gasteiger partial charge in [0, 0.05) is 6.54 Å². The van der Waals surface area contributed by atoms with Gasteiger partial charge in [-0.1, -0.05) is 0 Å². The van der Waals surface area contributed by atoms with E-state index in [9.17, 15) is 4.79 Å². The van der Waals surface area contributed by atoms with E-state index in [4.69, 9.17) is 5.73 Å². The Kier molecular flexibility index (Phi) is 3.19. The number of nitrogens with one attached hydrogen (secondary N) is 1. The molecule has 1 radical (unpaired) electrons. The van der Waals surface area contributed by atoms with Crippen molar-refractivity contribution in [1.82, 2.24) is 5.32 Å². The van der Waals surface area contributed by atoms with Crippen LogP contribution in [0.25, 0.3) is 0 Å².